The summed E-state index contributed by atoms with van der Waals surface area (Å²) in [5.41, 5.74) is 3.28. The summed E-state index contributed by atoms with van der Waals surface area (Å²) >= 11 is 3.71. The van der Waals surface area contributed by atoms with E-state index in [1.54, 1.807) is 0 Å². The van der Waals surface area contributed by atoms with Crippen molar-refractivity contribution in [1.29, 1.82) is 0 Å². The highest BCUT2D eigenvalue weighted by Gasteiger charge is 2.10. The molecule has 0 spiro atoms. The Hall–Kier alpha value is -0.220. The highest BCUT2D eigenvalue weighted by atomic mass is 32.1. The maximum atomic E-state index is 9.82. The van der Waals surface area contributed by atoms with Gasteiger partial charge in [0.25, 0.3) is 0 Å². The summed E-state index contributed by atoms with van der Waals surface area (Å²) in [4.78, 5) is 9.82. The number of aliphatic carboxylic acids is 1. The van der Waals surface area contributed by atoms with Crippen LogP contribution < -0.4 is 5.73 Å². The van der Waals surface area contributed by atoms with Gasteiger partial charge >= 0.3 is 5.97 Å². The van der Waals surface area contributed by atoms with Crippen LogP contribution in [0.5, 0.6) is 0 Å². The summed E-state index contributed by atoms with van der Waals surface area (Å²) in [6.07, 6.45) is 0. The van der Waals surface area contributed by atoms with Crippen LogP contribution in [0.2, 0.25) is 0 Å². The molecule has 4 N–H and O–H groups in total. The fourth-order valence-corrected chi connectivity index (χ4v) is 0.234. The van der Waals surface area contributed by atoms with E-state index in [0.717, 1.165) is 0 Å². The summed E-state index contributed by atoms with van der Waals surface area (Å²) in [5, 5.41) is 8.07. The SMILES string of the molecule is [NH3+][C@H](CS)C(=O)O. The van der Waals surface area contributed by atoms with Gasteiger partial charge in [-0.05, 0) is 0 Å². The van der Waals surface area contributed by atoms with Crippen LogP contribution in [0, 0.1) is 0 Å². The number of hydrogen-bond acceptors (Lipinski definition) is 2. The van der Waals surface area contributed by atoms with Crippen LogP contribution in [0.4, 0.5) is 0 Å². The van der Waals surface area contributed by atoms with Gasteiger partial charge in [0.15, 0.2) is 6.04 Å². The van der Waals surface area contributed by atoms with Crippen molar-refractivity contribution < 1.29 is 15.6 Å². The molecule has 0 bridgehead atoms. The van der Waals surface area contributed by atoms with Gasteiger partial charge in [-0.2, -0.15) is 12.6 Å². The van der Waals surface area contributed by atoms with E-state index in [-0.39, 0.29) is 0 Å². The molecule has 4 heteroatoms. The van der Waals surface area contributed by atoms with E-state index in [1.807, 2.05) is 0 Å². The molecule has 0 rings (SSSR count). The molecule has 0 amide bonds. The van der Waals surface area contributed by atoms with Gasteiger partial charge < -0.3 is 10.8 Å². The van der Waals surface area contributed by atoms with Crippen LogP contribution >= 0.6 is 12.6 Å². The van der Waals surface area contributed by atoms with Gasteiger partial charge in [-0.25, -0.2) is 4.79 Å². The van der Waals surface area contributed by atoms with Crippen molar-refractivity contribution in [2.75, 3.05) is 5.75 Å². The van der Waals surface area contributed by atoms with Crippen molar-refractivity contribution in [3.8, 4) is 0 Å². The second-order valence-corrected chi connectivity index (χ2v) is 1.58. The van der Waals surface area contributed by atoms with Crippen molar-refractivity contribution in [3.63, 3.8) is 0 Å². The molecule has 3 nitrogen and oxygen atoms in total. The zero-order valence-electron chi connectivity index (χ0n) is 3.79. The van der Waals surface area contributed by atoms with E-state index in [9.17, 15) is 4.79 Å². The first-order valence-corrected chi connectivity index (χ1v) is 2.48. The van der Waals surface area contributed by atoms with Crippen LogP contribution in [-0.4, -0.2) is 22.9 Å². The van der Waals surface area contributed by atoms with Crippen LogP contribution in [0.15, 0.2) is 0 Å². The Morgan fingerprint density at radius 1 is 2.00 bits per heavy atom. The molecule has 0 heterocycles. The van der Waals surface area contributed by atoms with Crippen LogP contribution in [0.3, 0.4) is 0 Å². The molecule has 0 aliphatic rings. The molecule has 0 saturated carbocycles. The number of thiol groups is 1. The van der Waals surface area contributed by atoms with Gasteiger partial charge in [-0.1, -0.05) is 0 Å². The third-order valence-corrected chi connectivity index (χ3v) is 1.01. The maximum Gasteiger partial charge on any atom is 0.363 e. The minimum Gasteiger partial charge on any atom is -0.477 e. The summed E-state index contributed by atoms with van der Waals surface area (Å²) < 4.78 is 0. The van der Waals surface area contributed by atoms with E-state index >= 15 is 0 Å². The van der Waals surface area contributed by atoms with Gasteiger partial charge in [0.2, 0.25) is 0 Å². The molecular formula is C3H8NO2S+. The molecule has 0 fully saturated rings. The first kappa shape index (κ1) is 6.78. The Labute approximate surface area is 46.9 Å². The number of hydrogen-bond donors (Lipinski definition) is 3. The summed E-state index contributed by atoms with van der Waals surface area (Å²) in [6.45, 7) is 0. The average Bonchev–Trinajstić information content (AvgIpc) is 1.65. The fourth-order valence-electron chi connectivity index (χ4n) is 0.0781. The molecular weight excluding hydrogens is 114 g/mol. The molecule has 0 aliphatic carbocycles. The standard InChI is InChI=1S/C3H7NO2S/c4-2(1-7)3(5)6/h2,7H,1,4H2,(H,5,6)/p+1/t2-/m1/s1. The minimum atomic E-state index is -0.894. The lowest BCUT2D eigenvalue weighted by Crippen LogP contribution is -2.66. The first-order valence-electron chi connectivity index (χ1n) is 1.85. The molecule has 0 saturated heterocycles. The smallest absolute Gasteiger partial charge is 0.363 e. The predicted octanol–water partition coefficient (Wildman–Crippen LogP) is -1.39. The summed E-state index contributed by atoms with van der Waals surface area (Å²) in [6, 6.07) is -0.566. The maximum absolute atomic E-state index is 9.82. The average molecular weight is 122 g/mol. The van der Waals surface area contributed by atoms with Gasteiger partial charge in [0, 0.05) is 0 Å². The van der Waals surface area contributed by atoms with Crippen molar-refractivity contribution in [2.24, 2.45) is 0 Å². The molecule has 0 aromatic carbocycles. The molecule has 0 aliphatic heterocycles. The minimum absolute atomic E-state index is 0.301. The Bertz CT molecular complexity index is 75.3. The monoisotopic (exact) mass is 122 g/mol. The fraction of sp³-hybridized carbons (Fsp3) is 0.667. The lowest BCUT2D eigenvalue weighted by atomic mass is 10.4. The predicted molar refractivity (Wildman–Crippen MR) is 28.2 cm³/mol. The Morgan fingerprint density at radius 2 is 2.43 bits per heavy atom. The summed E-state index contributed by atoms with van der Waals surface area (Å²) in [7, 11) is 0. The Kier molecular flexibility index (Phi) is 2.78. The third kappa shape index (κ3) is 2.47. The first-order chi connectivity index (χ1) is 3.18. The van der Waals surface area contributed by atoms with E-state index < -0.39 is 12.0 Å². The second-order valence-electron chi connectivity index (χ2n) is 1.22. The van der Waals surface area contributed by atoms with Gasteiger partial charge in [0.1, 0.15) is 0 Å². The largest absolute Gasteiger partial charge is 0.477 e. The van der Waals surface area contributed by atoms with Gasteiger partial charge in [-0.15, -0.1) is 0 Å². The molecule has 0 radical (unpaired) electrons. The lowest BCUT2D eigenvalue weighted by molar-refractivity contribution is -0.400. The zero-order chi connectivity index (χ0) is 5.86. The Balaban J connectivity index is 3.34. The Morgan fingerprint density at radius 3 is 2.43 bits per heavy atom. The van der Waals surface area contributed by atoms with Crippen LogP contribution in [-0.2, 0) is 4.79 Å². The van der Waals surface area contributed by atoms with Crippen molar-refractivity contribution in [3.05, 3.63) is 0 Å². The highest BCUT2D eigenvalue weighted by molar-refractivity contribution is 7.80. The number of carbonyl (C=O) groups is 1. The van der Waals surface area contributed by atoms with E-state index in [1.165, 1.54) is 0 Å². The highest BCUT2D eigenvalue weighted by Crippen LogP contribution is 1.77. The van der Waals surface area contributed by atoms with E-state index in [2.05, 4.69) is 18.4 Å². The normalized spacial score (nSPS) is 13.4. The van der Waals surface area contributed by atoms with Gasteiger partial charge in [0.05, 0.1) is 5.75 Å². The lowest BCUT2D eigenvalue weighted by Gasteiger charge is -1.92. The van der Waals surface area contributed by atoms with Gasteiger partial charge in [-0.3, -0.25) is 0 Å². The molecule has 0 unspecified atom stereocenters. The second kappa shape index (κ2) is 2.87. The number of rotatable bonds is 2. The summed E-state index contributed by atoms with van der Waals surface area (Å²) in [5.74, 6) is -0.593. The molecule has 0 aromatic heterocycles. The quantitative estimate of drug-likeness (QED) is 0.395. The van der Waals surface area contributed by atoms with Crippen LogP contribution in [0.1, 0.15) is 0 Å². The zero-order valence-corrected chi connectivity index (χ0v) is 4.69. The molecule has 42 valence electrons. The van der Waals surface area contributed by atoms with E-state index in [4.69, 9.17) is 5.11 Å². The number of carboxylic acid groups (broad SMARTS) is 1. The third-order valence-electron chi connectivity index (χ3n) is 0.570. The van der Waals surface area contributed by atoms with E-state index in [0.29, 0.717) is 5.75 Å². The molecule has 0 aromatic rings. The number of quaternary nitrogens is 1. The van der Waals surface area contributed by atoms with Crippen LogP contribution in [0.25, 0.3) is 0 Å². The molecule has 7 heavy (non-hydrogen) atoms. The molecule has 1 atom stereocenters. The topological polar surface area (TPSA) is 64.9 Å². The number of carboxylic acids is 1. The van der Waals surface area contributed by atoms with Crippen molar-refractivity contribution in [1.82, 2.24) is 0 Å². The van der Waals surface area contributed by atoms with Crippen molar-refractivity contribution >= 4 is 18.6 Å². The van der Waals surface area contributed by atoms with Crippen molar-refractivity contribution in [2.45, 2.75) is 6.04 Å².